The third-order valence-electron chi connectivity index (χ3n) is 3.99. The summed E-state index contributed by atoms with van der Waals surface area (Å²) in [4.78, 5) is 15.4. The Morgan fingerprint density at radius 3 is 2.81 bits per heavy atom. The SMILES string of the molecule is Cc1cn2nc(-c3c[nH]c4nc(N[C@@H](C)C(F)(F)F)ncc34)ccc2n1. The lowest BCUT2D eigenvalue weighted by atomic mass is 10.2. The summed E-state index contributed by atoms with van der Waals surface area (Å²) in [7, 11) is 0. The Morgan fingerprint density at radius 1 is 1.23 bits per heavy atom. The molecule has 0 fully saturated rings. The van der Waals surface area contributed by atoms with Gasteiger partial charge in [0, 0.05) is 23.3 Å². The average Bonchev–Trinajstić information content (AvgIpc) is 3.14. The maximum Gasteiger partial charge on any atom is 0.408 e. The molecule has 0 aromatic carbocycles. The van der Waals surface area contributed by atoms with E-state index in [0.717, 1.165) is 23.8 Å². The third-order valence-corrected chi connectivity index (χ3v) is 3.99. The lowest BCUT2D eigenvalue weighted by molar-refractivity contribution is -0.138. The smallest absolute Gasteiger partial charge is 0.345 e. The first-order chi connectivity index (χ1) is 12.3. The highest BCUT2D eigenvalue weighted by atomic mass is 19.4. The maximum atomic E-state index is 12.7. The first-order valence-electron chi connectivity index (χ1n) is 7.82. The summed E-state index contributed by atoms with van der Waals surface area (Å²) in [6.07, 6.45) is 0.616. The Hall–Kier alpha value is -3.17. The van der Waals surface area contributed by atoms with Crippen LogP contribution in [0.4, 0.5) is 19.1 Å². The van der Waals surface area contributed by atoms with Gasteiger partial charge in [0.25, 0.3) is 0 Å². The van der Waals surface area contributed by atoms with E-state index in [4.69, 9.17) is 0 Å². The van der Waals surface area contributed by atoms with Gasteiger partial charge in [0.05, 0.1) is 17.6 Å². The van der Waals surface area contributed by atoms with Crippen LogP contribution in [0, 0.1) is 6.92 Å². The van der Waals surface area contributed by atoms with Crippen molar-refractivity contribution < 1.29 is 13.2 Å². The fourth-order valence-corrected chi connectivity index (χ4v) is 2.61. The van der Waals surface area contributed by atoms with E-state index in [2.05, 4.69) is 30.4 Å². The van der Waals surface area contributed by atoms with Crippen LogP contribution >= 0.6 is 0 Å². The van der Waals surface area contributed by atoms with Gasteiger partial charge in [0.2, 0.25) is 5.95 Å². The molecular formula is C16H14F3N7. The van der Waals surface area contributed by atoms with Crippen molar-refractivity contribution in [1.29, 1.82) is 0 Å². The van der Waals surface area contributed by atoms with E-state index in [-0.39, 0.29) is 5.95 Å². The summed E-state index contributed by atoms with van der Waals surface area (Å²) >= 11 is 0. The summed E-state index contributed by atoms with van der Waals surface area (Å²) in [5.74, 6) is -0.0932. The minimum Gasteiger partial charge on any atom is -0.345 e. The van der Waals surface area contributed by atoms with Crippen LogP contribution in [-0.2, 0) is 0 Å². The van der Waals surface area contributed by atoms with E-state index in [1.165, 1.54) is 6.20 Å². The van der Waals surface area contributed by atoms with Gasteiger partial charge >= 0.3 is 6.18 Å². The topological polar surface area (TPSA) is 83.8 Å². The largest absolute Gasteiger partial charge is 0.408 e. The van der Waals surface area contributed by atoms with Crippen molar-refractivity contribution in [2.24, 2.45) is 0 Å². The molecule has 4 aromatic heterocycles. The highest BCUT2D eigenvalue weighted by Gasteiger charge is 2.36. The molecule has 4 rings (SSSR count). The molecule has 1 atom stereocenters. The lowest BCUT2D eigenvalue weighted by Crippen LogP contribution is -2.33. The summed E-state index contributed by atoms with van der Waals surface area (Å²) < 4.78 is 39.7. The van der Waals surface area contributed by atoms with Crippen LogP contribution in [0.15, 0.2) is 30.7 Å². The number of nitrogens with zero attached hydrogens (tertiary/aromatic N) is 5. The molecule has 26 heavy (non-hydrogen) atoms. The van der Waals surface area contributed by atoms with Gasteiger partial charge in [0.15, 0.2) is 5.65 Å². The summed E-state index contributed by atoms with van der Waals surface area (Å²) in [5.41, 5.74) is 3.44. The van der Waals surface area contributed by atoms with Gasteiger partial charge in [-0.05, 0) is 26.0 Å². The van der Waals surface area contributed by atoms with E-state index < -0.39 is 12.2 Å². The van der Waals surface area contributed by atoms with Gasteiger partial charge in [-0.25, -0.2) is 14.5 Å². The van der Waals surface area contributed by atoms with Crippen molar-refractivity contribution in [1.82, 2.24) is 29.5 Å². The van der Waals surface area contributed by atoms with Gasteiger partial charge in [-0.2, -0.15) is 23.3 Å². The summed E-state index contributed by atoms with van der Waals surface area (Å²) in [6.45, 7) is 2.89. The van der Waals surface area contributed by atoms with Crippen LogP contribution in [0.25, 0.3) is 27.9 Å². The lowest BCUT2D eigenvalue weighted by Gasteiger charge is -2.16. The molecule has 0 radical (unpaired) electrons. The predicted octanol–water partition coefficient (Wildman–Crippen LogP) is 3.34. The van der Waals surface area contributed by atoms with Crippen LogP contribution in [0.3, 0.4) is 0 Å². The van der Waals surface area contributed by atoms with Crippen LogP contribution in [0.1, 0.15) is 12.6 Å². The number of fused-ring (bicyclic) bond motifs is 2. The Morgan fingerprint density at radius 2 is 2.04 bits per heavy atom. The van der Waals surface area contributed by atoms with Crippen LogP contribution in [0.2, 0.25) is 0 Å². The highest BCUT2D eigenvalue weighted by Crippen LogP contribution is 2.27. The van der Waals surface area contributed by atoms with Gasteiger partial charge in [-0.3, -0.25) is 0 Å². The first kappa shape index (κ1) is 16.3. The number of aryl methyl sites for hydroxylation is 1. The Labute approximate surface area is 145 Å². The number of aromatic nitrogens is 6. The minimum absolute atomic E-state index is 0.0932. The molecule has 0 spiro atoms. The molecule has 0 aliphatic carbocycles. The number of imidazole rings is 1. The van der Waals surface area contributed by atoms with Crippen molar-refractivity contribution in [3.63, 3.8) is 0 Å². The molecule has 0 saturated carbocycles. The zero-order valence-electron chi connectivity index (χ0n) is 13.8. The Kier molecular flexibility index (Phi) is 3.56. The molecular weight excluding hydrogens is 347 g/mol. The van der Waals surface area contributed by atoms with Gasteiger partial charge in [0.1, 0.15) is 11.7 Å². The molecule has 4 heterocycles. The van der Waals surface area contributed by atoms with Gasteiger partial charge in [-0.1, -0.05) is 0 Å². The number of H-pyrrole nitrogens is 1. The molecule has 134 valence electrons. The number of anilines is 1. The fourth-order valence-electron chi connectivity index (χ4n) is 2.61. The number of hydrogen-bond acceptors (Lipinski definition) is 5. The summed E-state index contributed by atoms with van der Waals surface area (Å²) in [5, 5.41) is 7.43. The number of alkyl halides is 3. The first-order valence-corrected chi connectivity index (χ1v) is 7.82. The van der Waals surface area contributed by atoms with E-state index in [0.29, 0.717) is 16.7 Å². The number of aromatic amines is 1. The Bertz CT molecular complexity index is 1100. The van der Waals surface area contributed by atoms with E-state index in [1.54, 1.807) is 10.7 Å². The predicted molar refractivity (Wildman–Crippen MR) is 89.7 cm³/mol. The molecule has 0 unspecified atom stereocenters. The number of rotatable bonds is 3. The van der Waals surface area contributed by atoms with Crippen LogP contribution in [0.5, 0.6) is 0 Å². The molecule has 0 saturated heterocycles. The molecule has 7 nitrogen and oxygen atoms in total. The fraction of sp³-hybridized carbons (Fsp3) is 0.250. The van der Waals surface area contributed by atoms with Crippen molar-refractivity contribution in [3.05, 3.63) is 36.4 Å². The van der Waals surface area contributed by atoms with Gasteiger partial charge < -0.3 is 10.3 Å². The van der Waals surface area contributed by atoms with Crippen molar-refractivity contribution in [2.45, 2.75) is 26.1 Å². The molecule has 0 aliphatic rings. The minimum atomic E-state index is -4.37. The van der Waals surface area contributed by atoms with Crippen LogP contribution < -0.4 is 5.32 Å². The number of halogens is 3. The molecule has 0 aliphatic heterocycles. The van der Waals surface area contributed by atoms with Crippen molar-refractivity contribution >= 4 is 22.6 Å². The van der Waals surface area contributed by atoms with E-state index in [9.17, 15) is 13.2 Å². The highest BCUT2D eigenvalue weighted by molar-refractivity contribution is 5.92. The normalized spacial score (nSPS) is 13.4. The third kappa shape index (κ3) is 2.83. The van der Waals surface area contributed by atoms with Crippen LogP contribution in [-0.4, -0.2) is 41.8 Å². The number of nitrogens with one attached hydrogen (secondary N) is 2. The second-order valence-corrected chi connectivity index (χ2v) is 5.97. The van der Waals surface area contributed by atoms with Crippen molar-refractivity contribution in [2.75, 3.05) is 5.32 Å². The molecule has 0 bridgehead atoms. The maximum absolute atomic E-state index is 12.7. The quantitative estimate of drug-likeness (QED) is 0.585. The molecule has 2 N–H and O–H groups in total. The number of hydrogen-bond donors (Lipinski definition) is 2. The van der Waals surface area contributed by atoms with Gasteiger partial charge in [-0.15, -0.1) is 0 Å². The average molecular weight is 361 g/mol. The molecule has 0 amide bonds. The molecule has 4 aromatic rings. The Balaban J connectivity index is 1.70. The zero-order valence-corrected chi connectivity index (χ0v) is 13.8. The summed E-state index contributed by atoms with van der Waals surface area (Å²) in [6, 6.07) is 1.92. The monoisotopic (exact) mass is 361 g/mol. The standard InChI is InChI=1S/C16H14F3N7/c1-8-7-26-13(22-8)4-3-12(25-26)10-5-20-14-11(10)6-21-15(24-14)23-9(2)16(17,18)19/h3-7,9H,1-2H3,(H2,20,21,23,24)/t9-/m0/s1. The zero-order chi connectivity index (χ0) is 18.5. The second-order valence-electron chi connectivity index (χ2n) is 5.97. The van der Waals surface area contributed by atoms with E-state index >= 15 is 0 Å². The second kappa shape index (κ2) is 5.68. The molecule has 10 heteroatoms. The van der Waals surface area contributed by atoms with Crippen molar-refractivity contribution in [3.8, 4) is 11.3 Å². The van der Waals surface area contributed by atoms with E-state index in [1.807, 2.05) is 25.3 Å².